The fourth-order valence-corrected chi connectivity index (χ4v) is 4.00. The maximum absolute atomic E-state index is 12.6. The summed E-state index contributed by atoms with van der Waals surface area (Å²) in [5, 5.41) is 11.6. The second-order valence-electron chi connectivity index (χ2n) is 8.02. The van der Waals surface area contributed by atoms with Gasteiger partial charge in [-0.2, -0.15) is 0 Å². The summed E-state index contributed by atoms with van der Waals surface area (Å²) in [5.74, 6) is 0.784. The Morgan fingerprint density at radius 3 is 2.77 bits per heavy atom. The van der Waals surface area contributed by atoms with Crippen LogP contribution in [0.2, 0.25) is 0 Å². The fourth-order valence-electron chi connectivity index (χ4n) is 4.00. The lowest BCUT2D eigenvalue weighted by atomic mass is 10.1. The van der Waals surface area contributed by atoms with Gasteiger partial charge in [-0.3, -0.25) is 14.1 Å². The second kappa shape index (κ2) is 8.97. The van der Waals surface area contributed by atoms with Crippen LogP contribution in [0.1, 0.15) is 28.5 Å². The molecule has 0 saturated carbocycles. The van der Waals surface area contributed by atoms with Gasteiger partial charge >= 0.3 is 6.03 Å². The molecule has 0 aromatic carbocycles. The number of fused-ring (bicyclic) bond motifs is 1. The number of likely N-dealkylation sites (tertiary alicyclic amines) is 1. The first-order chi connectivity index (χ1) is 14.5. The molecule has 4 heterocycles. The van der Waals surface area contributed by atoms with Crippen LogP contribution in [0.4, 0.5) is 4.79 Å². The molecule has 0 bridgehead atoms. The molecule has 1 N–H and O–H groups in total. The predicted octanol–water partition coefficient (Wildman–Crippen LogP) is 0.262. The number of carbonyl (C=O) groups is 2. The van der Waals surface area contributed by atoms with Gasteiger partial charge in [0.25, 0.3) is 5.91 Å². The molecule has 0 spiro atoms. The molecular weight excluding hydrogens is 386 g/mol. The number of hydrogen-bond donors (Lipinski definition) is 1. The molecule has 162 valence electrons. The van der Waals surface area contributed by atoms with Crippen molar-refractivity contribution in [3.05, 3.63) is 29.7 Å². The molecule has 0 radical (unpaired) electrons. The fraction of sp³-hybridized carbons (Fsp3) is 0.600. The molecule has 2 aliphatic rings. The van der Waals surface area contributed by atoms with Crippen molar-refractivity contribution in [1.82, 2.24) is 34.6 Å². The summed E-state index contributed by atoms with van der Waals surface area (Å²) in [6.07, 6.45) is 2.63. The van der Waals surface area contributed by atoms with E-state index in [0.717, 1.165) is 45.1 Å². The number of nitrogens with zero attached hydrogens (tertiary/aromatic N) is 6. The number of urea groups is 1. The Balaban J connectivity index is 1.41. The summed E-state index contributed by atoms with van der Waals surface area (Å²) in [4.78, 5) is 30.6. The van der Waals surface area contributed by atoms with Gasteiger partial charge in [0.05, 0.1) is 18.8 Å². The first kappa shape index (κ1) is 20.5. The predicted molar refractivity (Wildman–Crippen MR) is 111 cm³/mol. The molecule has 4 rings (SSSR count). The van der Waals surface area contributed by atoms with E-state index in [1.54, 1.807) is 31.3 Å². The molecule has 2 fully saturated rings. The van der Waals surface area contributed by atoms with E-state index in [0.29, 0.717) is 30.8 Å². The van der Waals surface area contributed by atoms with Crippen LogP contribution in [0, 0.1) is 0 Å². The number of nitrogens with one attached hydrogen (secondary N) is 1. The maximum Gasteiger partial charge on any atom is 0.319 e. The van der Waals surface area contributed by atoms with E-state index in [4.69, 9.17) is 4.74 Å². The van der Waals surface area contributed by atoms with E-state index in [-0.39, 0.29) is 17.9 Å². The highest BCUT2D eigenvalue weighted by molar-refractivity contribution is 5.94. The summed E-state index contributed by atoms with van der Waals surface area (Å²) < 4.78 is 7.23. The number of morpholine rings is 1. The lowest BCUT2D eigenvalue weighted by Gasteiger charge is -2.26. The van der Waals surface area contributed by atoms with Crippen LogP contribution < -0.4 is 5.32 Å². The molecule has 2 aliphatic heterocycles. The van der Waals surface area contributed by atoms with E-state index in [9.17, 15) is 9.59 Å². The number of rotatable bonds is 5. The topological polar surface area (TPSA) is 95.3 Å². The third kappa shape index (κ3) is 4.39. The van der Waals surface area contributed by atoms with Crippen LogP contribution >= 0.6 is 0 Å². The highest BCUT2D eigenvalue weighted by atomic mass is 16.5. The molecule has 2 aromatic rings. The van der Waals surface area contributed by atoms with E-state index < -0.39 is 0 Å². The minimum atomic E-state index is -0.111. The zero-order valence-electron chi connectivity index (χ0n) is 17.6. The number of amides is 3. The van der Waals surface area contributed by atoms with Crippen molar-refractivity contribution in [2.45, 2.75) is 12.3 Å². The molecule has 1 atom stereocenters. The van der Waals surface area contributed by atoms with Crippen LogP contribution in [0.5, 0.6) is 0 Å². The molecule has 2 saturated heterocycles. The van der Waals surface area contributed by atoms with E-state index in [1.165, 1.54) is 0 Å². The molecule has 0 aliphatic carbocycles. The Bertz CT molecular complexity index is 907. The highest BCUT2D eigenvalue weighted by Gasteiger charge is 2.31. The van der Waals surface area contributed by atoms with Crippen molar-refractivity contribution in [1.29, 1.82) is 0 Å². The van der Waals surface area contributed by atoms with Gasteiger partial charge < -0.3 is 19.9 Å². The van der Waals surface area contributed by atoms with E-state index in [2.05, 4.69) is 20.4 Å². The molecule has 30 heavy (non-hydrogen) atoms. The van der Waals surface area contributed by atoms with Crippen molar-refractivity contribution in [2.75, 3.05) is 66.6 Å². The van der Waals surface area contributed by atoms with E-state index in [1.807, 2.05) is 15.4 Å². The molecule has 1 unspecified atom stereocenters. The molecule has 10 heteroatoms. The van der Waals surface area contributed by atoms with Gasteiger partial charge in [0.15, 0.2) is 5.65 Å². The van der Waals surface area contributed by atoms with Gasteiger partial charge in [-0.15, -0.1) is 10.2 Å². The Morgan fingerprint density at radius 1 is 1.20 bits per heavy atom. The van der Waals surface area contributed by atoms with Gasteiger partial charge in [0.1, 0.15) is 5.82 Å². The maximum atomic E-state index is 12.6. The van der Waals surface area contributed by atoms with Crippen molar-refractivity contribution < 1.29 is 14.3 Å². The SMILES string of the molecule is CN(C)C(=O)N1CCC(c2nnc3ccc(C(=O)NCCN4CCOCC4)cn23)C1. The van der Waals surface area contributed by atoms with Gasteiger partial charge in [0, 0.05) is 65.5 Å². The van der Waals surface area contributed by atoms with Crippen LogP contribution in [0.25, 0.3) is 5.65 Å². The monoisotopic (exact) mass is 415 g/mol. The average molecular weight is 415 g/mol. The zero-order valence-corrected chi connectivity index (χ0v) is 17.6. The van der Waals surface area contributed by atoms with Crippen LogP contribution in [-0.2, 0) is 4.74 Å². The minimum Gasteiger partial charge on any atom is -0.379 e. The average Bonchev–Trinajstić information content (AvgIpc) is 3.40. The number of hydrogen-bond acceptors (Lipinski definition) is 6. The highest BCUT2D eigenvalue weighted by Crippen LogP contribution is 2.27. The van der Waals surface area contributed by atoms with E-state index >= 15 is 0 Å². The third-order valence-corrected chi connectivity index (χ3v) is 5.71. The lowest BCUT2D eigenvalue weighted by molar-refractivity contribution is 0.0383. The number of aromatic nitrogens is 3. The Kier molecular flexibility index (Phi) is 6.14. The smallest absolute Gasteiger partial charge is 0.319 e. The quantitative estimate of drug-likeness (QED) is 0.753. The zero-order chi connectivity index (χ0) is 21.1. The first-order valence-electron chi connectivity index (χ1n) is 10.4. The van der Waals surface area contributed by atoms with Gasteiger partial charge in [-0.05, 0) is 18.6 Å². The normalized spacial score (nSPS) is 19.9. The number of pyridine rings is 1. The van der Waals surface area contributed by atoms with Gasteiger partial charge in [-0.25, -0.2) is 4.79 Å². The summed E-state index contributed by atoms with van der Waals surface area (Å²) in [6.45, 7) is 6.01. The second-order valence-corrected chi connectivity index (χ2v) is 8.02. The first-order valence-corrected chi connectivity index (χ1v) is 10.4. The summed E-state index contributed by atoms with van der Waals surface area (Å²) in [6, 6.07) is 3.59. The summed E-state index contributed by atoms with van der Waals surface area (Å²) in [5.41, 5.74) is 1.28. The van der Waals surface area contributed by atoms with Gasteiger partial charge in [-0.1, -0.05) is 0 Å². The van der Waals surface area contributed by atoms with Crippen molar-refractivity contribution >= 4 is 17.6 Å². The lowest BCUT2D eigenvalue weighted by Crippen LogP contribution is -2.41. The largest absolute Gasteiger partial charge is 0.379 e. The van der Waals surface area contributed by atoms with Crippen LogP contribution in [0.15, 0.2) is 18.3 Å². The van der Waals surface area contributed by atoms with Crippen molar-refractivity contribution in [3.63, 3.8) is 0 Å². The standard InChI is InChI=1S/C20H29N7O3/c1-24(2)20(29)26-7-5-15(13-26)18-23-22-17-4-3-16(14-27(17)18)19(28)21-6-8-25-9-11-30-12-10-25/h3-4,14-15H,5-13H2,1-2H3,(H,21,28). The van der Waals surface area contributed by atoms with Crippen molar-refractivity contribution in [2.24, 2.45) is 0 Å². The number of carbonyl (C=O) groups excluding carboxylic acids is 2. The van der Waals surface area contributed by atoms with Crippen LogP contribution in [0.3, 0.4) is 0 Å². The minimum absolute atomic E-state index is 0.00616. The molecule has 2 aromatic heterocycles. The Morgan fingerprint density at radius 2 is 2.00 bits per heavy atom. The van der Waals surface area contributed by atoms with Crippen molar-refractivity contribution in [3.8, 4) is 0 Å². The Hall–Kier alpha value is -2.72. The molecular formula is C20H29N7O3. The number of ether oxygens (including phenoxy) is 1. The van der Waals surface area contributed by atoms with Gasteiger partial charge in [0.2, 0.25) is 0 Å². The molecule has 3 amide bonds. The molecule has 10 nitrogen and oxygen atoms in total. The van der Waals surface area contributed by atoms with Crippen LogP contribution in [-0.4, -0.2) is 108 Å². The summed E-state index contributed by atoms with van der Waals surface area (Å²) >= 11 is 0. The Labute approximate surface area is 175 Å². The summed E-state index contributed by atoms with van der Waals surface area (Å²) in [7, 11) is 3.51. The third-order valence-electron chi connectivity index (χ3n) is 5.71.